The van der Waals surface area contributed by atoms with Crippen LogP contribution in [0.1, 0.15) is 12.6 Å². The Bertz CT molecular complexity index is 922. The van der Waals surface area contributed by atoms with E-state index in [-0.39, 0.29) is 12.5 Å². The molecule has 0 unspecified atom stereocenters. The zero-order valence-electron chi connectivity index (χ0n) is 15.1. The fourth-order valence-electron chi connectivity index (χ4n) is 2.63. The first-order chi connectivity index (χ1) is 13.1. The van der Waals surface area contributed by atoms with Crippen LogP contribution in [0.25, 0.3) is 11.1 Å². The molecule has 0 saturated heterocycles. The van der Waals surface area contributed by atoms with Gasteiger partial charge < -0.3 is 14.8 Å². The highest BCUT2D eigenvalue weighted by Gasteiger charge is 2.15. The number of carbonyl (C=O) groups is 1. The van der Waals surface area contributed by atoms with Gasteiger partial charge >= 0.3 is 0 Å². The van der Waals surface area contributed by atoms with E-state index in [9.17, 15) is 4.79 Å². The van der Waals surface area contributed by atoms with E-state index in [1.807, 2.05) is 32.0 Å². The van der Waals surface area contributed by atoms with Gasteiger partial charge in [0.1, 0.15) is 11.5 Å². The van der Waals surface area contributed by atoms with Gasteiger partial charge in [-0.15, -0.1) is 0 Å². The second-order valence-electron chi connectivity index (χ2n) is 5.82. The molecule has 1 heterocycles. The summed E-state index contributed by atoms with van der Waals surface area (Å²) in [7, 11) is 0. The summed E-state index contributed by atoms with van der Waals surface area (Å²) in [6.07, 6.45) is 0. The summed E-state index contributed by atoms with van der Waals surface area (Å²) in [5.74, 6) is 1.48. The van der Waals surface area contributed by atoms with Crippen molar-refractivity contribution in [3.63, 3.8) is 0 Å². The Hall–Kier alpha value is -2.99. The third-order valence-corrected chi connectivity index (χ3v) is 4.06. The predicted molar refractivity (Wildman–Crippen MR) is 106 cm³/mol. The minimum absolute atomic E-state index is 0.130. The monoisotopic (exact) mass is 385 g/mol. The fourth-order valence-corrected chi connectivity index (χ4v) is 2.82. The van der Waals surface area contributed by atoms with Gasteiger partial charge in [0.25, 0.3) is 5.91 Å². The number of carbonyl (C=O) groups excluding carboxylic acids is 1. The highest BCUT2D eigenvalue weighted by atomic mass is 35.5. The number of anilines is 1. The van der Waals surface area contributed by atoms with Crippen molar-refractivity contribution < 1.29 is 14.3 Å². The summed E-state index contributed by atoms with van der Waals surface area (Å²) in [4.78, 5) is 12.3. The number of aromatic amines is 1. The van der Waals surface area contributed by atoms with Gasteiger partial charge in [-0.25, -0.2) is 0 Å². The first-order valence-corrected chi connectivity index (χ1v) is 8.91. The van der Waals surface area contributed by atoms with Crippen molar-refractivity contribution in [2.45, 2.75) is 13.8 Å². The summed E-state index contributed by atoms with van der Waals surface area (Å²) < 4.78 is 10.9. The number of nitrogens with zero attached hydrogens (tertiary/aromatic N) is 1. The maximum atomic E-state index is 12.3. The quantitative estimate of drug-likeness (QED) is 0.629. The Morgan fingerprint density at radius 1 is 1.15 bits per heavy atom. The minimum Gasteiger partial charge on any atom is -0.494 e. The second-order valence-corrected chi connectivity index (χ2v) is 6.26. The average Bonchev–Trinajstić information content (AvgIpc) is 3.01. The van der Waals surface area contributed by atoms with E-state index in [1.54, 1.807) is 30.3 Å². The van der Waals surface area contributed by atoms with Gasteiger partial charge in [0.2, 0.25) is 0 Å². The molecular formula is C20H20ClN3O3. The van der Waals surface area contributed by atoms with Gasteiger partial charge in [0.15, 0.2) is 12.4 Å². The largest absolute Gasteiger partial charge is 0.494 e. The highest BCUT2D eigenvalue weighted by molar-refractivity contribution is 6.30. The van der Waals surface area contributed by atoms with Crippen LogP contribution in [-0.4, -0.2) is 29.3 Å². The Morgan fingerprint density at radius 2 is 1.85 bits per heavy atom. The van der Waals surface area contributed by atoms with Gasteiger partial charge in [-0.3, -0.25) is 9.89 Å². The molecule has 1 aromatic heterocycles. The van der Waals surface area contributed by atoms with E-state index >= 15 is 0 Å². The van der Waals surface area contributed by atoms with Crippen LogP contribution >= 0.6 is 11.6 Å². The molecule has 0 bridgehead atoms. The first kappa shape index (κ1) is 18.8. The normalized spacial score (nSPS) is 10.5. The third-order valence-electron chi connectivity index (χ3n) is 3.82. The number of aryl methyl sites for hydroxylation is 1. The van der Waals surface area contributed by atoms with Crippen molar-refractivity contribution in [3.8, 4) is 22.6 Å². The van der Waals surface area contributed by atoms with Gasteiger partial charge in [0, 0.05) is 16.3 Å². The molecule has 3 aromatic rings. The second kappa shape index (κ2) is 8.60. The van der Waals surface area contributed by atoms with E-state index in [4.69, 9.17) is 21.1 Å². The number of hydrogen-bond acceptors (Lipinski definition) is 4. The number of hydrogen-bond donors (Lipinski definition) is 2. The molecule has 6 nitrogen and oxygen atoms in total. The van der Waals surface area contributed by atoms with Crippen molar-refractivity contribution in [3.05, 3.63) is 59.2 Å². The number of rotatable bonds is 7. The molecule has 0 spiro atoms. The van der Waals surface area contributed by atoms with Crippen LogP contribution in [-0.2, 0) is 4.79 Å². The lowest BCUT2D eigenvalue weighted by Crippen LogP contribution is -2.20. The maximum Gasteiger partial charge on any atom is 0.263 e. The molecule has 0 radical (unpaired) electrons. The van der Waals surface area contributed by atoms with Crippen molar-refractivity contribution >= 4 is 23.3 Å². The SMILES string of the molecule is CCOc1ccc(OCC(=O)Nc2n[nH]c(C)c2-c2cccc(Cl)c2)cc1. The van der Waals surface area contributed by atoms with Crippen molar-refractivity contribution in [1.29, 1.82) is 0 Å². The fraction of sp³-hybridized carbons (Fsp3) is 0.200. The Labute approximate surface area is 162 Å². The van der Waals surface area contributed by atoms with Crippen molar-refractivity contribution in [1.82, 2.24) is 10.2 Å². The molecular weight excluding hydrogens is 366 g/mol. The summed E-state index contributed by atoms with van der Waals surface area (Å²) >= 11 is 6.07. The molecule has 3 rings (SSSR count). The molecule has 2 aromatic carbocycles. The molecule has 27 heavy (non-hydrogen) atoms. The maximum absolute atomic E-state index is 12.3. The molecule has 0 saturated carbocycles. The topological polar surface area (TPSA) is 76.2 Å². The summed E-state index contributed by atoms with van der Waals surface area (Å²) in [6.45, 7) is 4.27. The summed E-state index contributed by atoms with van der Waals surface area (Å²) in [6, 6.07) is 14.5. The minimum atomic E-state index is -0.307. The van der Waals surface area contributed by atoms with Gasteiger partial charge in [-0.2, -0.15) is 5.10 Å². The predicted octanol–water partition coefficient (Wildman–Crippen LogP) is 4.45. The van der Waals surface area contributed by atoms with Crippen LogP contribution in [0.15, 0.2) is 48.5 Å². The van der Waals surface area contributed by atoms with E-state index in [0.29, 0.717) is 23.2 Å². The van der Waals surface area contributed by atoms with Crippen LogP contribution in [0, 0.1) is 6.92 Å². The third kappa shape index (κ3) is 4.80. The van der Waals surface area contributed by atoms with Crippen LogP contribution in [0.4, 0.5) is 5.82 Å². The van der Waals surface area contributed by atoms with Crippen LogP contribution in [0.2, 0.25) is 5.02 Å². The molecule has 0 atom stereocenters. The smallest absolute Gasteiger partial charge is 0.263 e. The van der Waals surface area contributed by atoms with Crippen LogP contribution in [0.5, 0.6) is 11.5 Å². The standard InChI is InChI=1S/C20H20ClN3O3/c1-3-26-16-7-9-17(10-8-16)27-12-18(25)22-20-19(13(2)23-24-20)14-5-4-6-15(21)11-14/h4-11H,3,12H2,1-2H3,(H2,22,23,24,25). The van der Waals surface area contributed by atoms with Gasteiger partial charge in [-0.05, 0) is 55.8 Å². The number of H-pyrrole nitrogens is 1. The van der Waals surface area contributed by atoms with Gasteiger partial charge in [0.05, 0.1) is 6.61 Å². The number of benzene rings is 2. The Morgan fingerprint density at radius 3 is 2.52 bits per heavy atom. The number of halogens is 1. The van der Waals surface area contributed by atoms with Crippen LogP contribution < -0.4 is 14.8 Å². The molecule has 7 heteroatoms. The summed E-state index contributed by atoms with van der Waals surface area (Å²) in [5, 5.41) is 10.5. The zero-order chi connectivity index (χ0) is 19.2. The Balaban J connectivity index is 1.65. The molecule has 2 N–H and O–H groups in total. The van der Waals surface area contributed by atoms with E-state index < -0.39 is 0 Å². The highest BCUT2D eigenvalue weighted by Crippen LogP contribution is 2.31. The number of nitrogens with one attached hydrogen (secondary N) is 2. The molecule has 0 aliphatic rings. The van der Waals surface area contributed by atoms with Crippen molar-refractivity contribution in [2.75, 3.05) is 18.5 Å². The zero-order valence-corrected chi connectivity index (χ0v) is 15.8. The number of ether oxygens (including phenoxy) is 2. The van der Waals surface area contributed by atoms with Crippen molar-refractivity contribution in [2.24, 2.45) is 0 Å². The molecule has 1 amide bonds. The Kier molecular flexibility index (Phi) is 5.98. The molecule has 140 valence electrons. The lowest BCUT2D eigenvalue weighted by Gasteiger charge is -2.09. The lowest BCUT2D eigenvalue weighted by molar-refractivity contribution is -0.118. The molecule has 0 aliphatic heterocycles. The van der Waals surface area contributed by atoms with Gasteiger partial charge in [-0.1, -0.05) is 23.7 Å². The number of aromatic nitrogens is 2. The molecule has 0 aliphatic carbocycles. The first-order valence-electron chi connectivity index (χ1n) is 8.53. The molecule has 0 fully saturated rings. The summed E-state index contributed by atoms with van der Waals surface area (Å²) in [5.41, 5.74) is 2.50. The van der Waals surface area contributed by atoms with Crippen LogP contribution in [0.3, 0.4) is 0 Å². The van der Waals surface area contributed by atoms with E-state index in [0.717, 1.165) is 22.6 Å². The number of amides is 1. The average molecular weight is 386 g/mol. The lowest BCUT2D eigenvalue weighted by atomic mass is 10.1. The van der Waals surface area contributed by atoms with E-state index in [2.05, 4.69) is 15.5 Å². The van der Waals surface area contributed by atoms with E-state index in [1.165, 1.54) is 0 Å².